The maximum Gasteiger partial charge on any atom is 0.518 e. The van der Waals surface area contributed by atoms with E-state index in [4.69, 9.17) is 0 Å². The molecule has 0 amide bonds. The molecule has 0 fully saturated rings. The SMILES string of the molecule is CCC(C)c1cc([N+](=O)[O-])cc([N+](=O)[O-])c1OC(=O)OC(F)(F)C(F)(F)C(F)(F)C(F)(F)C(F)(F)C(F)(F)C(F)(F)C(F)(F)C(F)(F)C(F)(F)C(F)(F)C(F)(F)F. The molecule has 0 heterocycles. The summed E-state index contributed by atoms with van der Waals surface area (Å²) in [6.45, 7) is 2.07. The van der Waals surface area contributed by atoms with E-state index in [2.05, 4.69) is 9.47 Å². The summed E-state index contributed by atoms with van der Waals surface area (Å²) >= 11 is 0. The number of non-ortho nitro benzene ring substituents is 1. The summed E-state index contributed by atoms with van der Waals surface area (Å²) in [6, 6.07) is 0.0715. The molecule has 1 atom stereocenters. The van der Waals surface area contributed by atoms with Crippen LogP contribution in [0.4, 0.5) is 126 Å². The van der Waals surface area contributed by atoms with Crippen molar-refractivity contribution in [2.24, 2.45) is 0 Å². The molecule has 0 bridgehead atoms. The third-order valence-corrected chi connectivity index (χ3v) is 7.30. The molecule has 9 nitrogen and oxygen atoms in total. The van der Waals surface area contributed by atoms with Crippen molar-refractivity contribution in [1.82, 2.24) is 0 Å². The minimum atomic E-state index is -9.82. The van der Waals surface area contributed by atoms with Gasteiger partial charge in [0, 0.05) is 11.6 Å². The van der Waals surface area contributed by atoms with Crippen LogP contribution in [-0.4, -0.2) is 87.5 Å². The number of benzene rings is 1. The first-order valence-electron chi connectivity index (χ1n) is 13.3. The molecule has 0 N–H and O–H groups in total. The molecular weight excluding hydrogens is 891 g/mol. The molecular formula is C23H11F25N2O7. The highest BCUT2D eigenvalue weighted by Gasteiger charge is 3.00. The molecule has 34 heteroatoms. The Morgan fingerprint density at radius 3 is 1.16 bits per heavy atom. The topological polar surface area (TPSA) is 122 Å². The number of ether oxygens (including phenoxy) is 2. The predicted molar refractivity (Wildman–Crippen MR) is 126 cm³/mol. The first-order chi connectivity index (χ1) is 24.7. The molecule has 0 aromatic heterocycles. The zero-order chi connectivity index (χ0) is 46.2. The number of carbonyl (C=O) groups is 1. The van der Waals surface area contributed by atoms with E-state index >= 15 is 0 Å². The van der Waals surface area contributed by atoms with Crippen LogP contribution in [0.1, 0.15) is 31.7 Å². The Hall–Kier alpha value is -4.46. The lowest BCUT2D eigenvalue weighted by Gasteiger charge is -2.45. The fourth-order valence-electron chi connectivity index (χ4n) is 3.77. The number of nitrogens with zero attached hydrogens (tertiary/aromatic N) is 2. The van der Waals surface area contributed by atoms with Gasteiger partial charge in [0.25, 0.3) is 5.69 Å². The van der Waals surface area contributed by atoms with E-state index in [1.807, 2.05) is 0 Å². The molecule has 57 heavy (non-hydrogen) atoms. The van der Waals surface area contributed by atoms with Gasteiger partial charge in [0.05, 0.1) is 15.9 Å². The number of halogens is 25. The van der Waals surface area contributed by atoms with Gasteiger partial charge in [0.15, 0.2) is 0 Å². The number of nitro groups is 2. The van der Waals surface area contributed by atoms with Crippen LogP contribution in [0.5, 0.6) is 5.75 Å². The minimum absolute atomic E-state index is 0.170. The number of carbonyl (C=O) groups excluding carboxylic acids is 1. The van der Waals surface area contributed by atoms with E-state index in [9.17, 15) is 135 Å². The molecule has 0 aliphatic rings. The normalized spacial score (nSPS) is 15.6. The van der Waals surface area contributed by atoms with Crippen LogP contribution in [0, 0.1) is 20.2 Å². The standard InChI is InChI=1S/C23H11F25N2O7/c1-3-6(2)8-4-7(49(52)53)5-9(50(54)55)10(8)56-11(51)57-23(47,48)21(42,43)19(38,39)17(34,35)15(30,31)13(26,27)12(24,25)14(28,29)16(32,33)18(36,37)20(40,41)22(44,45)46/h4-6H,3H2,1-2H3. The minimum Gasteiger partial charge on any atom is -0.387 e. The Morgan fingerprint density at radius 1 is 0.561 bits per heavy atom. The maximum atomic E-state index is 14.2. The highest BCUT2D eigenvalue weighted by molar-refractivity contribution is 5.70. The van der Waals surface area contributed by atoms with E-state index in [1.54, 1.807) is 0 Å². The molecule has 0 saturated carbocycles. The second-order valence-electron chi connectivity index (χ2n) is 10.9. The van der Waals surface area contributed by atoms with Crippen molar-refractivity contribution in [3.05, 3.63) is 37.9 Å². The first-order valence-corrected chi connectivity index (χ1v) is 13.3. The van der Waals surface area contributed by atoms with Gasteiger partial charge in [-0.1, -0.05) is 13.8 Å². The molecule has 330 valence electrons. The zero-order valence-electron chi connectivity index (χ0n) is 26.1. The van der Waals surface area contributed by atoms with Crippen molar-refractivity contribution in [2.75, 3.05) is 0 Å². The number of rotatable bonds is 16. The Balaban J connectivity index is 3.86. The summed E-state index contributed by atoms with van der Waals surface area (Å²) in [4.78, 5) is 31.1. The molecule has 0 saturated heterocycles. The molecule has 0 aliphatic carbocycles. The first kappa shape index (κ1) is 50.6. The smallest absolute Gasteiger partial charge is 0.387 e. The van der Waals surface area contributed by atoms with Gasteiger partial charge >= 0.3 is 83.4 Å². The molecule has 0 spiro atoms. The second kappa shape index (κ2) is 14.1. The largest absolute Gasteiger partial charge is 0.518 e. The van der Waals surface area contributed by atoms with Gasteiger partial charge in [-0.3, -0.25) is 20.2 Å². The fourth-order valence-corrected chi connectivity index (χ4v) is 3.77. The average Bonchev–Trinajstić information content (AvgIpc) is 3.02. The fraction of sp³-hybridized carbons (Fsp3) is 0.696. The van der Waals surface area contributed by atoms with E-state index in [-0.39, 0.29) is 18.6 Å². The van der Waals surface area contributed by atoms with Crippen molar-refractivity contribution in [1.29, 1.82) is 0 Å². The third-order valence-electron chi connectivity index (χ3n) is 7.30. The second-order valence-corrected chi connectivity index (χ2v) is 10.9. The van der Waals surface area contributed by atoms with Crippen molar-refractivity contribution in [3.63, 3.8) is 0 Å². The van der Waals surface area contributed by atoms with E-state index in [0.717, 1.165) is 13.8 Å². The van der Waals surface area contributed by atoms with Gasteiger partial charge in [0.1, 0.15) is 0 Å². The highest BCUT2D eigenvalue weighted by Crippen LogP contribution is 2.68. The van der Waals surface area contributed by atoms with Crippen molar-refractivity contribution >= 4 is 17.5 Å². The van der Waals surface area contributed by atoms with Crippen molar-refractivity contribution in [3.8, 4) is 5.75 Å². The lowest BCUT2D eigenvalue weighted by molar-refractivity contribution is -0.487. The monoisotopic (exact) mass is 902 g/mol. The zero-order valence-corrected chi connectivity index (χ0v) is 26.1. The summed E-state index contributed by atoms with van der Waals surface area (Å²) in [5, 5.41) is 22.4. The van der Waals surface area contributed by atoms with Crippen LogP contribution in [0.3, 0.4) is 0 Å². The van der Waals surface area contributed by atoms with Gasteiger partial charge in [-0.15, -0.1) is 0 Å². The van der Waals surface area contributed by atoms with E-state index < -0.39 is 116 Å². The molecule has 1 aromatic carbocycles. The van der Waals surface area contributed by atoms with Gasteiger partial charge in [-0.05, 0) is 12.3 Å². The number of nitro benzene ring substituents is 2. The Kier molecular flexibility index (Phi) is 12.5. The van der Waals surface area contributed by atoms with Crippen LogP contribution in [0.2, 0.25) is 0 Å². The average molecular weight is 902 g/mol. The number of hydrogen-bond donors (Lipinski definition) is 0. The van der Waals surface area contributed by atoms with Crippen molar-refractivity contribution < 1.29 is 134 Å². The van der Waals surface area contributed by atoms with Gasteiger partial charge < -0.3 is 9.47 Å². The van der Waals surface area contributed by atoms with Crippen LogP contribution in [0.15, 0.2) is 12.1 Å². The Morgan fingerprint density at radius 2 is 0.877 bits per heavy atom. The quantitative estimate of drug-likeness (QED) is 0.0532. The maximum absolute atomic E-state index is 14.2. The predicted octanol–water partition coefficient (Wildman–Crippen LogP) is 11.0. The molecule has 1 rings (SSSR count). The van der Waals surface area contributed by atoms with Gasteiger partial charge in [-0.2, -0.15) is 110 Å². The third kappa shape index (κ3) is 7.09. The van der Waals surface area contributed by atoms with E-state index in [1.165, 1.54) is 0 Å². The molecule has 1 unspecified atom stereocenters. The van der Waals surface area contributed by atoms with Crippen LogP contribution < -0.4 is 4.74 Å². The summed E-state index contributed by atoms with van der Waals surface area (Å²) in [6.07, 6.45) is -20.4. The number of hydrogen-bond acceptors (Lipinski definition) is 7. The summed E-state index contributed by atoms with van der Waals surface area (Å²) in [5.41, 5.74) is -4.16. The van der Waals surface area contributed by atoms with Gasteiger partial charge in [0.2, 0.25) is 5.75 Å². The molecule has 1 aromatic rings. The summed E-state index contributed by atoms with van der Waals surface area (Å²) in [5.74, 6) is -97.6. The highest BCUT2D eigenvalue weighted by atomic mass is 19.4. The summed E-state index contributed by atoms with van der Waals surface area (Å²) < 4.78 is 347. The van der Waals surface area contributed by atoms with E-state index in [0.29, 0.717) is 0 Å². The summed E-state index contributed by atoms with van der Waals surface area (Å²) in [7, 11) is 0. The van der Waals surface area contributed by atoms with Crippen LogP contribution >= 0.6 is 0 Å². The Labute approximate surface area is 293 Å². The lowest BCUT2D eigenvalue weighted by atomic mass is 9.85. The molecule has 0 aliphatic heterocycles. The van der Waals surface area contributed by atoms with Crippen LogP contribution in [-0.2, 0) is 4.74 Å². The van der Waals surface area contributed by atoms with Gasteiger partial charge in [-0.25, -0.2) is 4.79 Å². The molecule has 0 radical (unpaired) electrons. The lowest BCUT2D eigenvalue weighted by Crippen LogP contribution is -2.78. The van der Waals surface area contributed by atoms with Crippen LogP contribution in [0.25, 0.3) is 0 Å². The number of alkyl halides is 25. The Bertz CT molecular complexity index is 1730. The van der Waals surface area contributed by atoms with Crippen molar-refractivity contribution in [2.45, 2.75) is 97.7 Å².